The second kappa shape index (κ2) is 8.00. The van der Waals surface area contributed by atoms with Crippen molar-refractivity contribution in [3.63, 3.8) is 0 Å². The Kier molecular flexibility index (Phi) is 5.67. The molecule has 0 spiro atoms. The van der Waals surface area contributed by atoms with Gasteiger partial charge in [0.2, 0.25) is 0 Å². The summed E-state index contributed by atoms with van der Waals surface area (Å²) in [6, 6.07) is 16.1. The summed E-state index contributed by atoms with van der Waals surface area (Å²) in [5, 5.41) is 2.49. The molecule has 0 aliphatic heterocycles. The molecular weight excluding hydrogens is 403 g/mol. The molecule has 0 radical (unpaired) electrons. The third kappa shape index (κ3) is 4.68. The minimum Gasteiger partial charge on any atom is -0.322 e. The van der Waals surface area contributed by atoms with Crippen LogP contribution < -0.4 is 10.0 Å². The molecule has 144 valence electrons. The summed E-state index contributed by atoms with van der Waals surface area (Å²) in [6.07, 6.45) is 0. The van der Waals surface area contributed by atoms with Crippen LogP contribution in [0.4, 0.5) is 15.8 Å². The number of hydrogen-bond donors (Lipinski definition) is 2. The predicted octanol–water partition coefficient (Wildman–Crippen LogP) is 4.84. The highest BCUT2D eigenvalue weighted by atomic mass is 35.5. The quantitative estimate of drug-likeness (QED) is 0.622. The molecule has 1 amide bonds. The van der Waals surface area contributed by atoms with Gasteiger partial charge in [-0.25, -0.2) is 12.8 Å². The smallest absolute Gasteiger partial charge is 0.263 e. The molecule has 0 fully saturated rings. The van der Waals surface area contributed by atoms with Crippen molar-refractivity contribution in [3.05, 3.63) is 88.7 Å². The molecule has 0 bridgehead atoms. The van der Waals surface area contributed by atoms with E-state index in [0.29, 0.717) is 5.69 Å². The standard InChI is InChI=1S/C20H16ClFN2O3S/c1-13-4-2-7-17(10-13)24-28(26,27)19-11-14(8-9-18(19)21)20(25)23-16-6-3-5-15(22)12-16/h2-12,24H,1H3,(H,23,25). The Labute approximate surface area is 167 Å². The number of benzene rings is 3. The second-order valence-corrected chi connectivity index (χ2v) is 8.14. The molecule has 0 saturated carbocycles. The van der Waals surface area contributed by atoms with Gasteiger partial charge in [-0.2, -0.15) is 0 Å². The molecule has 0 heterocycles. The van der Waals surface area contributed by atoms with Crippen LogP contribution in [0.3, 0.4) is 0 Å². The van der Waals surface area contributed by atoms with Crippen molar-refractivity contribution in [2.24, 2.45) is 0 Å². The Morgan fingerprint density at radius 2 is 1.68 bits per heavy atom. The highest BCUT2D eigenvalue weighted by molar-refractivity contribution is 7.92. The Balaban J connectivity index is 1.89. The molecule has 0 unspecified atom stereocenters. The summed E-state index contributed by atoms with van der Waals surface area (Å²) >= 11 is 6.06. The van der Waals surface area contributed by atoms with Gasteiger partial charge >= 0.3 is 0 Å². The molecule has 0 aliphatic carbocycles. The van der Waals surface area contributed by atoms with E-state index in [1.165, 1.54) is 36.4 Å². The molecule has 2 N–H and O–H groups in total. The summed E-state index contributed by atoms with van der Waals surface area (Å²) in [4.78, 5) is 12.2. The average Bonchev–Trinajstić information content (AvgIpc) is 2.61. The lowest BCUT2D eigenvalue weighted by Crippen LogP contribution is -2.16. The summed E-state index contributed by atoms with van der Waals surface area (Å²) in [5.74, 6) is -1.09. The van der Waals surface area contributed by atoms with Gasteiger partial charge in [0.25, 0.3) is 15.9 Å². The van der Waals surface area contributed by atoms with Crippen LogP contribution in [-0.2, 0) is 10.0 Å². The zero-order valence-corrected chi connectivity index (χ0v) is 16.3. The van der Waals surface area contributed by atoms with Crippen LogP contribution in [0, 0.1) is 12.7 Å². The zero-order chi connectivity index (χ0) is 20.3. The number of nitrogens with one attached hydrogen (secondary N) is 2. The average molecular weight is 419 g/mol. The highest BCUT2D eigenvalue weighted by Gasteiger charge is 2.20. The van der Waals surface area contributed by atoms with Crippen molar-refractivity contribution in [2.45, 2.75) is 11.8 Å². The van der Waals surface area contributed by atoms with Crippen LogP contribution >= 0.6 is 11.6 Å². The predicted molar refractivity (Wildman–Crippen MR) is 108 cm³/mol. The Morgan fingerprint density at radius 3 is 2.39 bits per heavy atom. The molecule has 0 saturated heterocycles. The number of rotatable bonds is 5. The van der Waals surface area contributed by atoms with Gasteiger partial charge < -0.3 is 5.32 Å². The summed E-state index contributed by atoms with van der Waals surface area (Å²) < 4.78 is 41.2. The third-order valence-corrected chi connectivity index (χ3v) is 5.70. The van der Waals surface area contributed by atoms with Gasteiger partial charge in [-0.15, -0.1) is 0 Å². The minimum absolute atomic E-state index is 0.0255. The Bertz CT molecular complexity index is 1150. The fraction of sp³-hybridized carbons (Fsp3) is 0.0500. The molecule has 0 aliphatic rings. The van der Waals surface area contributed by atoms with Crippen molar-refractivity contribution >= 4 is 38.9 Å². The largest absolute Gasteiger partial charge is 0.322 e. The molecule has 3 aromatic carbocycles. The van der Waals surface area contributed by atoms with E-state index in [1.54, 1.807) is 18.2 Å². The number of carbonyl (C=O) groups is 1. The minimum atomic E-state index is -4.02. The van der Waals surface area contributed by atoms with Crippen molar-refractivity contribution in [3.8, 4) is 0 Å². The number of amides is 1. The van der Waals surface area contributed by atoms with E-state index >= 15 is 0 Å². The van der Waals surface area contributed by atoms with Gasteiger partial charge in [-0.05, 0) is 61.0 Å². The second-order valence-electron chi connectivity index (χ2n) is 6.08. The monoisotopic (exact) mass is 418 g/mol. The van der Waals surface area contributed by atoms with E-state index in [1.807, 2.05) is 13.0 Å². The molecule has 0 aromatic heterocycles. The summed E-state index contributed by atoms with van der Waals surface area (Å²) in [7, 11) is -4.02. The van der Waals surface area contributed by atoms with Crippen LogP contribution in [0.15, 0.2) is 71.6 Å². The summed E-state index contributed by atoms with van der Waals surface area (Å²) in [6.45, 7) is 1.84. The van der Waals surface area contributed by atoms with Gasteiger partial charge in [0, 0.05) is 16.9 Å². The first kappa shape index (κ1) is 19.9. The van der Waals surface area contributed by atoms with Crippen molar-refractivity contribution in [1.82, 2.24) is 0 Å². The van der Waals surface area contributed by atoms with Crippen LogP contribution in [0.5, 0.6) is 0 Å². The lowest BCUT2D eigenvalue weighted by molar-refractivity contribution is 0.102. The van der Waals surface area contributed by atoms with Crippen LogP contribution in [-0.4, -0.2) is 14.3 Å². The van der Waals surface area contributed by atoms with Crippen LogP contribution in [0.2, 0.25) is 5.02 Å². The van der Waals surface area contributed by atoms with E-state index in [-0.39, 0.29) is 21.2 Å². The van der Waals surface area contributed by atoms with E-state index in [9.17, 15) is 17.6 Å². The number of aryl methyl sites for hydroxylation is 1. The number of sulfonamides is 1. The number of anilines is 2. The number of halogens is 2. The van der Waals surface area contributed by atoms with Crippen LogP contribution in [0.1, 0.15) is 15.9 Å². The van der Waals surface area contributed by atoms with E-state index in [0.717, 1.165) is 11.6 Å². The molecule has 3 aromatic rings. The van der Waals surface area contributed by atoms with E-state index < -0.39 is 21.7 Å². The van der Waals surface area contributed by atoms with Gasteiger partial charge in [0.05, 0.1) is 5.02 Å². The first-order valence-corrected chi connectivity index (χ1v) is 10.1. The molecular formula is C20H16ClFN2O3S. The van der Waals surface area contributed by atoms with Crippen molar-refractivity contribution in [2.75, 3.05) is 10.0 Å². The molecule has 28 heavy (non-hydrogen) atoms. The first-order chi connectivity index (χ1) is 13.2. The zero-order valence-electron chi connectivity index (χ0n) is 14.7. The molecule has 3 rings (SSSR count). The maximum absolute atomic E-state index is 13.3. The van der Waals surface area contributed by atoms with E-state index in [4.69, 9.17) is 11.6 Å². The normalized spacial score (nSPS) is 11.1. The number of carbonyl (C=O) groups excluding carboxylic acids is 1. The number of hydrogen-bond acceptors (Lipinski definition) is 3. The lowest BCUT2D eigenvalue weighted by atomic mass is 10.2. The van der Waals surface area contributed by atoms with E-state index in [2.05, 4.69) is 10.0 Å². The maximum atomic E-state index is 13.3. The SMILES string of the molecule is Cc1cccc(NS(=O)(=O)c2cc(C(=O)Nc3cccc(F)c3)ccc2Cl)c1. The summed E-state index contributed by atoms with van der Waals surface area (Å²) in [5.41, 5.74) is 1.58. The third-order valence-electron chi connectivity index (χ3n) is 3.84. The topological polar surface area (TPSA) is 75.3 Å². The Hall–Kier alpha value is -2.90. The fourth-order valence-electron chi connectivity index (χ4n) is 2.54. The lowest BCUT2D eigenvalue weighted by Gasteiger charge is -2.12. The highest BCUT2D eigenvalue weighted by Crippen LogP contribution is 2.26. The van der Waals surface area contributed by atoms with Gasteiger partial charge in [0.15, 0.2) is 0 Å². The molecule has 5 nitrogen and oxygen atoms in total. The van der Waals surface area contributed by atoms with Crippen LogP contribution in [0.25, 0.3) is 0 Å². The van der Waals surface area contributed by atoms with Crippen molar-refractivity contribution in [1.29, 1.82) is 0 Å². The molecule has 8 heteroatoms. The maximum Gasteiger partial charge on any atom is 0.263 e. The molecule has 0 atom stereocenters. The Morgan fingerprint density at radius 1 is 0.964 bits per heavy atom. The first-order valence-electron chi connectivity index (χ1n) is 8.20. The van der Waals surface area contributed by atoms with Crippen molar-refractivity contribution < 1.29 is 17.6 Å². The van der Waals surface area contributed by atoms with Gasteiger partial charge in [-0.3, -0.25) is 9.52 Å². The van der Waals surface area contributed by atoms with Gasteiger partial charge in [-0.1, -0.05) is 29.8 Å². The fourth-order valence-corrected chi connectivity index (χ4v) is 4.12. The van der Waals surface area contributed by atoms with Gasteiger partial charge in [0.1, 0.15) is 10.7 Å².